The van der Waals surface area contributed by atoms with Gasteiger partial charge in [0.1, 0.15) is 4.90 Å². The number of rotatable bonds is 3. The second-order valence-electron chi connectivity index (χ2n) is 5.12. The van der Waals surface area contributed by atoms with E-state index >= 15 is 0 Å². The van der Waals surface area contributed by atoms with Crippen LogP contribution < -0.4 is 10.0 Å². The van der Waals surface area contributed by atoms with Gasteiger partial charge in [0.25, 0.3) is 5.69 Å². The summed E-state index contributed by atoms with van der Waals surface area (Å²) in [7, 11) is -4.00. The predicted octanol–water partition coefficient (Wildman–Crippen LogP) is 1.48. The van der Waals surface area contributed by atoms with Crippen LogP contribution in [-0.2, 0) is 10.0 Å². The minimum absolute atomic E-state index is 0.179. The van der Waals surface area contributed by atoms with Gasteiger partial charge >= 0.3 is 0 Å². The van der Waals surface area contributed by atoms with E-state index in [2.05, 4.69) is 6.92 Å². The van der Waals surface area contributed by atoms with E-state index in [-0.39, 0.29) is 10.6 Å². The molecule has 8 heteroatoms. The second kappa shape index (κ2) is 5.37. The molecule has 1 saturated heterocycles. The smallest absolute Gasteiger partial charge is 0.270 e. The molecule has 0 atom stereocenters. The van der Waals surface area contributed by atoms with Gasteiger partial charge < -0.3 is 4.90 Å². The molecule has 110 valence electrons. The molecule has 1 fully saturated rings. The maximum Gasteiger partial charge on any atom is 0.270 e. The molecule has 20 heavy (non-hydrogen) atoms. The zero-order valence-corrected chi connectivity index (χ0v) is 12.0. The third-order valence-corrected chi connectivity index (χ3v) is 4.53. The van der Waals surface area contributed by atoms with Crippen LogP contribution in [0.4, 0.5) is 11.4 Å². The molecular formula is C12H17N3O4S. The van der Waals surface area contributed by atoms with Crippen LogP contribution in [-0.4, -0.2) is 26.4 Å². The lowest BCUT2D eigenvalue weighted by Gasteiger charge is -2.33. The van der Waals surface area contributed by atoms with E-state index in [0.29, 0.717) is 11.6 Å². The maximum atomic E-state index is 11.7. The van der Waals surface area contributed by atoms with E-state index in [0.717, 1.165) is 32.0 Å². The number of hydrogen-bond acceptors (Lipinski definition) is 5. The molecule has 1 aliphatic rings. The van der Waals surface area contributed by atoms with Crippen molar-refractivity contribution >= 4 is 21.4 Å². The first-order valence-electron chi connectivity index (χ1n) is 6.35. The molecule has 1 heterocycles. The number of nitrogens with two attached hydrogens (primary N) is 1. The van der Waals surface area contributed by atoms with Gasteiger partial charge in [0.05, 0.1) is 10.6 Å². The molecule has 0 aliphatic carbocycles. The molecule has 2 N–H and O–H groups in total. The highest BCUT2D eigenvalue weighted by atomic mass is 32.2. The summed E-state index contributed by atoms with van der Waals surface area (Å²) in [5, 5.41) is 16.0. The number of hydrogen-bond donors (Lipinski definition) is 1. The predicted molar refractivity (Wildman–Crippen MR) is 75.1 cm³/mol. The van der Waals surface area contributed by atoms with Crippen molar-refractivity contribution in [3.05, 3.63) is 28.3 Å². The standard InChI is InChI=1S/C12H17N3O4S/c1-9-4-6-14(7-5-9)11-3-2-10(15(16)17)8-12(11)20(13,18)19/h2-3,8-9H,4-7H2,1H3,(H2,13,18,19). The van der Waals surface area contributed by atoms with Crippen molar-refractivity contribution in [1.29, 1.82) is 0 Å². The summed E-state index contributed by atoms with van der Waals surface area (Å²) in [5.74, 6) is 0.599. The second-order valence-corrected chi connectivity index (χ2v) is 6.65. The van der Waals surface area contributed by atoms with Crippen molar-refractivity contribution in [2.24, 2.45) is 11.1 Å². The Labute approximate surface area is 117 Å². The number of nitro benzene ring substituents is 1. The number of sulfonamides is 1. The van der Waals surface area contributed by atoms with Gasteiger partial charge in [0.15, 0.2) is 0 Å². The molecule has 1 aromatic carbocycles. The molecule has 0 bridgehead atoms. The number of piperidine rings is 1. The van der Waals surface area contributed by atoms with Gasteiger partial charge in [-0.05, 0) is 24.8 Å². The van der Waals surface area contributed by atoms with E-state index in [4.69, 9.17) is 5.14 Å². The number of primary sulfonamides is 1. The SMILES string of the molecule is CC1CCN(c2ccc([N+](=O)[O-])cc2S(N)(=O)=O)CC1. The summed E-state index contributed by atoms with van der Waals surface area (Å²) in [4.78, 5) is 11.9. The minimum atomic E-state index is -4.00. The highest BCUT2D eigenvalue weighted by Gasteiger charge is 2.24. The minimum Gasteiger partial charge on any atom is -0.370 e. The van der Waals surface area contributed by atoms with E-state index in [1.807, 2.05) is 4.90 Å². The van der Waals surface area contributed by atoms with E-state index in [1.54, 1.807) is 0 Å². The first-order chi connectivity index (χ1) is 9.29. The van der Waals surface area contributed by atoms with Gasteiger partial charge in [-0.15, -0.1) is 0 Å². The molecule has 2 rings (SSSR count). The normalized spacial score (nSPS) is 17.2. The number of nitrogens with zero attached hydrogens (tertiary/aromatic N) is 2. The van der Waals surface area contributed by atoms with Crippen LogP contribution in [0.3, 0.4) is 0 Å². The summed E-state index contributed by atoms with van der Waals surface area (Å²) in [6.07, 6.45) is 1.92. The average Bonchev–Trinajstić information content (AvgIpc) is 2.38. The molecule has 0 aromatic heterocycles. The van der Waals surface area contributed by atoms with Gasteiger partial charge in [0, 0.05) is 25.2 Å². The highest BCUT2D eigenvalue weighted by molar-refractivity contribution is 7.89. The molecule has 1 aliphatic heterocycles. The van der Waals surface area contributed by atoms with Crippen molar-refractivity contribution in [3.8, 4) is 0 Å². The number of nitro groups is 1. The van der Waals surface area contributed by atoms with Crippen molar-refractivity contribution in [2.75, 3.05) is 18.0 Å². The first-order valence-corrected chi connectivity index (χ1v) is 7.90. The monoisotopic (exact) mass is 299 g/mol. The third kappa shape index (κ3) is 3.07. The van der Waals surface area contributed by atoms with Crippen LogP contribution in [0.25, 0.3) is 0 Å². The Hall–Kier alpha value is -1.67. The summed E-state index contributed by atoms with van der Waals surface area (Å²) in [6.45, 7) is 3.59. The van der Waals surface area contributed by atoms with Crippen LogP contribution >= 0.6 is 0 Å². The topological polar surface area (TPSA) is 107 Å². The van der Waals surface area contributed by atoms with Gasteiger partial charge in [-0.2, -0.15) is 0 Å². The summed E-state index contributed by atoms with van der Waals surface area (Å²) in [5.41, 5.74) is 0.174. The summed E-state index contributed by atoms with van der Waals surface area (Å²) in [6, 6.07) is 3.80. The lowest BCUT2D eigenvalue weighted by molar-refractivity contribution is -0.385. The zero-order chi connectivity index (χ0) is 14.9. The molecule has 0 unspecified atom stereocenters. The first kappa shape index (κ1) is 14.7. The van der Waals surface area contributed by atoms with E-state index in [1.165, 1.54) is 12.1 Å². The van der Waals surface area contributed by atoms with E-state index < -0.39 is 14.9 Å². The Morgan fingerprint density at radius 2 is 1.95 bits per heavy atom. The lowest BCUT2D eigenvalue weighted by atomic mass is 9.99. The van der Waals surface area contributed by atoms with Gasteiger partial charge in [-0.3, -0.25) is 10.1 Å². The fourth-order valence-corrected chi connectivity index (χ4v) is 3.13. The number of benzene rings is 1. The summed E-state index contributed by atoms with van der Waals surface area (Å²) >= 11 is 0. The van der Waals surface area contributed by atoms with Gasteiger partial charge in [0.2, 0.25) is 10.0 Å². The van der Waals surface area contributed by atoms with Crippen LogP contribution in [0.5, 0.6) is 0 Å². The van der Waals surface area contributed by atoms with Crippen LogP contribution in [0.1, 0.15) is 19.8 Å². The van der Waals surface area contributed by atoms with Crippen molar-refractivity contribution < 1.29 is 13.3 Å². The van der Waals surface area contributed by atoms with E-state index in [9.17, 15) is 18.5 Å². The van der Waals surface area contributed by atoms with Crippen LogP contribution in [0, 0.1) is 16.0 Å². The zero-order valence-electron chi connectivity index (χ0n) is 11.2. The Morgan fingerprint density at radius 3 is 2.45 bits per heavy atom. The fourth-order valence-electron chi connectivity index (χ4n) is 2.36. The average molecular weight is 299 g/mol. The molecule has 0 radical (unpaired) electrons. The number of anilines is 1. The Morgan fingerprint density at radius 1 is 1.35 bits per heavy atom. The Kier molecular flexibility index (Phi) is 3.96. The van der Waals surface area contributed by atoms with Crippen LogP contribution in [0.2, 0.25) is 0 Å². The molecule has 0 spiro atoms. The Bertz CT molecular complexity index is 622. The van der Waals surface area contributed by atoms with Crippen molar-refractivity contribution in [1.82, 2.24) is 0 Å². The number of non-ortho nitro benzene ring substituents is 1. The molecule has 7 nitrogen and oxygen atoms in total. The maximum absolute atomic E-state index is 11.7. The Balaban J connectivity index is 2.45. The quantitative estimate of drug-likeness (QED) is 0.672. The fraction of sp³-hybridized carbons (Fsp3) is 0.500. The summed E-state index contributed by atoms with van der Waals surface area (Å²) < 4.78 is 23.3. The van der Waals surface area contributed by atoms with Crippen LogP contribution in [0.15, 0.2) is 23.1 Å². The van der Waals surface area contributed by atoms with Gasteiger partial charge in [-0.1, -0.05) is 6.92 Å². The molecule has 0 saturated carbocycles. The lowest BCUT2D eigenvalue weighted by Crippen LogP contribution is -2.34. The molecule has 0 amide bonds. The molecular weight excluding hydrogens is 282 g/mol. The third-order valence-electron chi connectivity index (χ3n) is 3.59. The molecule has 1 aromatic rings. The highest BCUT2D eigenvalue weighted by Crippen LogP contribution is 2.31. The largest absolute Gasteiger partial charge is 0.370 e. The van der Waals surface area contributed by atoms with Crippen molar-refractivity contribution in [3.63, 3.8) is 0 Å². The van der Waals surface area contributed by atoms with Gasteiger partial charge in [-0.25, -0.2) is 13.6 Å². The van der Waals surface area contributed by atoms with Crippen molar-refractivity contribution in [2.45, 2.75) is 24.7 Å².